The van der Waals surface area contributed by atoms with Crippen molar-refractivity contribution in [3.05, 3.63) is 18.0 Å². The summed E-state index contributed by atoms with van der Waals surface area (Å²) >= 11 is 0. The van der Waals surface area contributed by atoms with Crippen molar-refractivity contribution in [2.75, 3.05) is 33.8 Å². The molecule has 0 radical (unpaired) electrons. The number of likely N-dealkylation sites (tertiary alicyclic amines) is 1. The standard InChI is InChI=1S/C16H26N4O2/c1-18-7-4-5-12(15(18)13-9-17-20(3)11-13)10-19(2)14-6-8-22-16(14)21/h9,11-12,14-15H,4-8,10H2,1-3H3/t12-,14+,15+/m0/s1. The molecule has 1 aromatic heterocycles. The Kier molecular flexibility index (Phi) is 4.49. The number of likely N-dealkylation sites (N-methyl/N-ethyl adjacent to an activating group) is 1. The van der Waals surface area contributed by atoms with E-state index in [2.05, 4.69) is 28.1 Å². The van der Waals surface area contributed by atoms with Gasteiger partial charge < -0.3 is 4.74 Å². The molecule has 22 heavy (non-hydrogen) atoms. The van der Waals surface area contributed by atoms with E-state index in [0.29, 0.717) is 18.6 Å². The maximum absolute atomic E-state index is 11.8. The second-order valence-electron chi connectivity index (χ2n) is 6.69. The highest BCUT2D eigenvalue weighted by Crippen LogP contribution is 2.35. The summed E-state index contributed by atoms with van der Waals surface area (Å²) in [6.07, 6.45) is 7.30. The lowest BCUT2D eigenvalue weighted by Gasteiger charge is -2.41. The number of cyclic esters (lactones) is 1. The Balaban J connectivity index is 1.73. The van der Waals surface area contributed by atoms with Crippen molar-refractivity contribution >= 4 is 5.97 Å². The summed E-state index contributed by atoms with van der Waals surface area (Å²) in [4.78, 5) is 16.4. The quantitative estimate of drug-likeness (QED) is 0.778. The Labute approximate surface area is 132 Å². The van der Waals surface area contributed by atoms with E-state index >= 15 is 0 Å². The average Bonchev–Trinajstić information content (AvgIpc) is 3.07. The summed E-state index contributed by atoms with van der Waals surface area (Å²) < 4.78 is 6.98. The molecule has 0 unspecified atom stereocenters. The van der Waals surface area contributed by atoms with Gasteiger partial charge in [0.2, 0.25) is 0 Å². The van der Waals surface area contributed by atoms with Crippen LogP contribution in [-0.2, 0) is 16.6 Å². The van der Waals surface area contributed by atoms with Crippen molar-refractivity contribution < 1.29 is 9.53 Å². The minimum absolute atomic E-state index is 0.0652. The highest BCUT2D eigenvalue weighted by Gasteiger charge is 2.36. The van der Waals surface area contributed by atoms with Crippen molar-refractivity contribution in [1.82, 2.24) is 19.6 Å². The topological polar surface area (TPSA) is 50.6 Å². The molecule has 0 spiro atoms. The predicted molar refractivity (Wildman–Crippen MR) is 83.3 cm³/mol. The molecule has 2 saturated heterocycles. The number of carbonyl (C=O) groups excluding carboxylic acids is 1. The summed E-state index contributed by atoms with van der Waals surface area (Å²) in [5.41, 5.74) is 1.28. The molecule has 0 saturated carbocycles. The third-order valence-corrected chi connectivity index (χ3v) is 5.04. The van der Waals surface area contributed by atoms with Gasteiger partial charge in [-0.25, -0.2) is 0 Å². The van der Waals surface area contributed by atoms with Crippen LogP contribution in [0.2, 0.25) is 0 Å². The number of ether oxygens (including phenoxy) is 1. The Hall–Kier alpha value is -1.40. The number of hydrogen-bond acceptors (Lipinski definition) is 5. The van der Waals surface area contributed by atoms with Gasteiger partial charge in [0.25, 0.3) is 0 Å². The zero-order valence-electron chi connectivity index (χ0n) is 13.7. The zero-order chi connectivity index (χ0) is 15.7. The summed E-state index contributed by atoms with van der Waals surface area (Å²) in [6, 6.07) is 0.309. The molecule has 0 amide bonds. The van der Waals surface area contributed by atoms with Crippen molar-refractivity contribution in [2.24, 2.45) is 13.0 Å². The fourth-order valence-corrected chi connectivity index (χ4v) is 3.95. The molecule has 6 nitrogen and oxygen atoms in total. The molecular formula is C16H26N4O2. The van der Waals surface area contributed by atoms with Crippen molar-refractivity contribution in [2.45, 2.75) is 31.3 Å². The van der Waals surface area contributed by atoms with Gasteiger partial charge in [-0.2, -0.15) is 5.10 Å². The smallest absolute Gasteiger partial charge is 0.323 e. The Morgan fingerprint density at radius 1 is 1.41 bits per heavy atom. The van der Waals surface area contributed by atoms with E-state index < -0.39 is 0 Å². The van der Waals surface area contributed by atoms with E-state index in [1.165, 1.54) is 18.4 Å². The van der Waals surface area contributed by atoms with Crippen molar-refractivity contribution in [3.63, 3.8) is 0 Å². The van der Waals surface area contributed by atoms with Crippen LogP contribution < -0.4 is 0 Å². The van der Waals surface area contributed by atoms with Crippen LogP contribution in [0.1, 0.15) is 30.9 Å². The number of nitrogens with zero attached hydrogens (tertiary/aromatic N) is 4. The van der Waals surface area contributed by atoms with E-state index in [9.17, 15) is 4.79 Å². The first-order valence-electron chi connectivity index (χ1n) is 8.12. The SMILES string of the molecule is CN(C[C@@H]1CCCN(C)[C@H]1c1cnn(C)c1)[C@@H]1CCOC1=O. The largest absolute Gasteiger partial charge is 0.464 e. The molecule has 0 bridgehead atoms. The van der Waals surface area contributed by atoms with Crippen molar-refractivity contribution in [3.8, 4) is 0 Å². The first-order chi connectivity index (χ1) is 10.6. The number of esters is 1. The molecule has 0 aliphatic carbocycles. The third kappa shape index (κ3) is 3.03. The van der Waals surface area contributed by atoms with Crippen LogP contribution in [0.15, 0.2) is 12.4 Å². The molecule has 0 N–H and O–H groups in total. The van der Waals surface area contributed by atoms with Gasteiger partial charge in [0.1, 0.15) is 6.04 Å². The Morgan fingerprint density at radius 3 is 2.86 bits per heavy atom. The molecule has 2 fully saturated rings. The second kappa shape index (κ2) is 6.38. The molecule has 3 atom stereocenters. The molecular weight excluding hydrogens is 280 g/mol. The maximum Gasteiger partial charge on any atom is 0.323 e. The monoisotopic (exact) mass is 306 g/mol. The van der Waals surface area contributed by atoms with Crippen LogP contribution in [0.5, 0.6) is 0 Å². The minimum atomic E-state index is -0.0678. The highest BCUT2D eigenvalue weighted by atomic mass is 16.5. The number of aromatic nitrogens is 2. The molecule has 122 valence electrons. The lowest BCUT2D eigenvalue weighted by molar-refractivity contribution is -0.142. The van der Waals surface area contributed by atoms with Gasteiger partial charge >= 0.3 is 5.97 Å². The van der Waals surface area contributed by atoms with Crippen LogP contribution >= 0.6 is 0 Å². The van der Waals surface area contributed by atoms with Crippen LogP contribution in [0.25, 0.3) is 0 Å². The predicted octanol–water partition coefficient (Wildman–Crippen LogP) is 1.05. The lowest BCUT2D eigenvalue weighted by Crippen LogP contribution is -2.44. The zero-order valence-corrected chi connectivity index (χ0v) is 13.7. The molecule has 2 aliphatic heterocycles. The number of carbonyl (C=O) groups is 1. The van der Waals surface area contributed by atoms with E-state index in [-0.39, 0.29) is 12.0 Å². The molecule has 2 aliphatic rings. The van der Waals surface area contributed by atoms with Crippen LogP contribution in [0, 0.1) is 5.92 Å². The van der Waals surface area contributed by atoms with E-state index in [1.54, 1.807) is 0 Å². The van der Waals surface area contributed by atoms with Gasteiger partial charge in [0.15, 0.2) is 0 Å². The van der Waals surface area contributed by atoms with Gasteiger partial charge in [-0.15, -0.1) is 0 Å². The van der Waals surface area contributed by atoms with E-state index in [0.717, 1.165) is 19.5 Å². The van der Waals surface area contributed by atoms with Crippen LogP contribution in [0.3, 0.4) is 0 Å². The van der Waals surface area contributed by atoms with Gasteiger partial charge in [-0.05, 0) is 39.4 Å². The molecule has 0 aromatic carbocycles. The van der Waals surface area contributed by atoms with Gasteiger partial charge in [-0.1, -0.05) is 0 Å². The van der Waals surface area contributed by atoms with Crippen LogP contribution in [-0.4, -0.2) is 65.4 Å². The average molecular weight is 306 g/mol. The fourth-order valence-electron chi connectivity index (χ4n) is 3.95. The third-order valence-electron chi connectivity index (χ3n) is 5.04. The number of aryl methyl sites for hydroxylation is 1. The number of rotatable bonds is 4. The number of piperidine rings is 1. The van der Waals surface area contributed by atoms with Gasteiger partial charge in [-0.3, -0.25) is 19.3 Å². The summed E-state index contributed by atoms with van der Waals surface area (Å²) in [7, 11) is 6.20. The minimum Gasteiger partial charge on any atom is -0.464 e. The normalized spacial score (nSPS) is 30.0. The van der Waals surface area contributed by atoms with Crippen molar-refractivity contribution in [1.29, 1.82) is 0 Å². The highest BCUT2D eigenvalue weighted by molar-refractivity contribution is 5.77. The van der Waals surface area contributed by atoms with Gasteiger partial charge in [0.05, 0.1) is 12.8 Å². The Morgan fingerprint density at radius 2 is 2.23 bits per heavy atom. The molecule has 3 heterocycles. The first-order valence-corrected chi connectivity index (χ1v) is 8.12. The molecule has 6 heteroatoms. The van der Waals surface area contributed by atoms with Gasteiger partial charge in [0, 0.05) is 37.8 Å². The summed E-state index contributed by atoms with van der Waals surface area (Å²) in [5.74, 6) is 0.450. The number of hydrogen-bond donors (Lipinski definition) is 0. The van der Waals surface area contributed by atoms with Crippen LogP contribution in [0.4, 0.5) is 0 Å². The Bertz CT molecular complexity index is 530. The molecule has 1 aromatic rings. The first kappa shape index (κ1) is 15.5. The molecule has 3 rings (SSSR count). The van der Waals surface area contributed by atoms with E-state index in [4.69, 9.17) is 4.74 Å². The summed E-state index contributed by atoms with van der Waals surface area (Å²) in [6.45, 7) is 2.60. The van der Waals surface area contributed by atoms with E-state index in [1.807, 2.05) is 25.0 Å². The fraction of sp³-hybridized carbons (Fsp3) is 0.750. The lowest BCUT2D eigenvalue weighted by atomic mass is 9.85. The maximum atomic E-state index is 11.8. The summed E-state index contributed by atoms with van der Waals surface area (Å²) in [5, 5.41) is 4.33. The second-order valence-corrected chi connectivity index (χ2v) is 6.69.